The Morgan fingerprint density at radius 1 is 1.35 bits per heavy atom. The van der Waals surface area contributed by atoms with E-state index >= 15 is 0 Å². The second kappa shape index (κ2) is 6.39. The van der Waals surface area contributed by atoms with Crippen molar-refractivity contribution in [3.8, 4) is 0 Å². The van der Waals surface area contributed by atoms with Gasteiger partial charge in [-0.15, -0.1) is 0 Å². The zero-order valence-electron chi connectivity index (χ0n) is 11.4. The number of aliphatic hydroxyl groups is 1. The van der Waals surface area contributed by atoms with Crippen LogP contribution < -0.4 is 10.6 Å². The molecule has 0 spiro atoms. The van der Waals surface area contributed by atoms with Crippen molar-refractivity contribution in [1.29, 1.82) is 0 Å². The number of benzene rings is 1. The van der Waals surface area contributed by atoms with Crippen molar-refractivity contribution in [1.82, 2.24) is 5.32 Å². The quantitative estimate of drug-likeness (QED) is 0.792. The van der Waals surface area contributed by atoms with Gasteiger partial charge in [-0.25, -0.2) is 0 Å². The molecule has 1 unspecified atom stereocenters. The number of aryl methyl sites for hydroxylation is 1. The summed E-state index contributed by atoms with van der Waals surface area (Å²) in [5.74, 6) is 0. The Hall–Kier alpha value is -1.36. The van der Waals surface area contributed by atoms with Gasteiger partial charge in [0.25, 0.3) is 0 Å². The van der Waals surface area contributed by atoms with E-state index in [-0.39, 0.29) is 0 Å². The van der Waals surface area contributed by atoms with Crippen LogP contribution in [0.15, 0.2) is 35.0 Å². The van der Waals surface area contributed by atoms with Crippen LogP contribution in [0.3, 0.4) is 0 Å². The molecule has 1 aliphatic heterocycles. The van der Waals surface area contributed by atoms with Crippen LogP contribution in [0.1, 0.15) is 29.2 Å². The van der Waals surface area contributed by atoms with Gasteiger partial charge in [0.15, 0.2) is 0 Å². The zero-order valence-corrected chi connectivity index (χ0v) is 12.2. The molecule has 1 atom stereocenters. The number of para-hydroxylation sites is 1. The highest BCUT2D eigenvalue weighted by Crippen LogP contribution is 2.26. The standard InChI is InChI=1S/C16H20N2OS/c19-15(14-6-8-20-11-14)10-17-9-13-4-1-3-12-5-2-7-18-16(12)13/h1,3-4,6,8,11,15,17-19H,2,5,7,9-10H2. The molecule has 3 nitrogen and oxygen atoms in total. The number of hydrogen-bond donors (Lipinski definition) is 3. The monoisotopic (exact) mass is 288 g/mol. The lowest BCUT2D eigenvalue weighted by Crippen LogP contribution is -2.22. The van der Waals surface area contributed by atoms with Gasteiger partial charge in [-0.2, -0.15) is 11.3 Å². The van der Waals surface area contributed by atoms with E-state index in [4.69, 9.17) is 0 Å². The molecular formula is C16H20N2OS. The van der Waals surface area contributed by atoms with Crippen molar-refractivity contribution in [3.63, 3.8) is 0 Å². The average molecular weight is 288 g/mol. The largest absolute Gasteiger partial charge is 0.387 e. The molecule has 1 aromatic heterocycles. The number of rotatable bonds is 5. The fourth-order valence-electron chi connectivity index (χ4n) is 2.65. The zero-order chi connectivity index (χ0) is 13.8. The van der Waals surface area contributed by atoms with Gasteiger partial charge in [-0.1, -0.05) is 18.2 Å². The Bertz CT molecular complexity index is 554. The molecule has 0 bridgehead atoms. The summed E-state index contributed by atoms with van der Waals surface area (Å²) >= 11 is 1.62. The third kappa shape index (κ3) is 3.03. The first kappa shape index (κ1) is 13.6. The van der Waals surface area contributed by atoms with E-state index in [1.807, 2.05) is 16.8 Å². The van der Waals surface area contributed by atoms with Crippen molar-refractivity contribution in [2.45, 2.75) is 25.5 Å². The van der Waals surface area contributed by atoms with Crippen LogP contribution in [0.2, 0.25) is 0 Å². The summed E-state index contributed by atoms with van der Waals surface area (Å²) in [5.41, 5.74) is 4.99. The molecule has 0 saturated heterocycles. The Morgan fingerprint density at radius 3 is 3.15 bits per heavy atom. The van der Waals surface area contributed by atoms with Crippen LogP contribution in [-0.4, -0.2) is 18.2 Å². The lowest BCUT2D eigenvalue weighted by molar-refractivity contribution is 0.175. The number of fused-ring (bicyclic) bond motifs is 1. The van der Waals surface area contributed by atoms with Crippen LogP contribution in [0.5, 0.6) is 0 Å². The minimum absolute atomic E-state index is 0.422. The topological polar surface area (TPSA) is 44.3 Å². The molecule has 0 amide bonds. The van der Waals surface area contributed by atoms with E-state index in [9.17, 15) is 5.11 Å². The van der Waals surface area contributed by atoms with Crippen LogP contribution in [-0.2, 0) is 13.0 Å². The van der Waals surface area contributed by atoms with Crippen molar-refractivity contribution in [2.24, 2.45) is 0 Å². The SMILES string of the molecule is OC(CNCc1cccc2c1NCCC2)c1ccsc1. The maximum absolute atomic E-state index is 10.1. The van der Waals surface area contributed by atoms with Gasteiger partial charge in [-0.05, 0) is 46.4 Å². The first-order valence-corrected chi connectivity index (χ1v) is 8.04. The predicted molar refractivity (Wildman–Crippen MR) is 84.2 cm³/mol. The van der Waals surface area contributed by atoms with Crippen molar-refractivity contribution >= 4 is 17.0 Å². The molecule has 0 radical (unpaired) electrons. The first-order valence-electron chi connectivity index (χ1n) is 7.10. The maximum atomic E-state index is 10.1. The smallest absolute Gasteiger partial charge is 0.0922 e. The Kier molecular flexibility index (Phi) is 4.35. The van der Waals surface area contributed by atoms with Gasteiger partial charge in [0.2, 0.25) is 0 Å². The predicted octanol–water partition coefficient (Wildman–Crippen LogP) is 2.93. The van der Waals surface area contributed by atoms with E-state index in [0.717, 1.165) is 25.1 Å². The highest BCUT2D eigenvalue weighted by Gasteiger charge is 2.12. The minimum atomic E-state index is -0.422. The van der Waals surface area contributed by atoms with Gasteiger partial charge < -0.3 is 15.7 Å². The summed E-state index contributed by atoms with van der Waals surface area (Å²) in [6.45, 7) is 2.43. The second-order valence-electron chi connectivity index (χ2n) is 5.18. The van der Waals surface area contributed by atoms with E-state index in [0.29, 0.717) is 6.54 Å². The first-order chi connectivity index (χ1) is 9.84. The van der Waals surface area contributed by atoms with Crippen molar-refractivity contribution in [2.75, 3.05) is 18.4 Å². The molecule has 3 N–H and O–H groups in total. The molecule has 2 aromatic rings. The van der Waals surface area contributed by atoms with Crippen LogP contribution in [0, 0.1) is 0 Å². The molecule has 20 heavy (non-hydrogen) atoms. The summed E-state index contributed by atoms with van der Waals surface area (Å²) in [6.07, 6.45) is 1.95. The van der Waals surface area contributed by atoms with E-state index in [1.54, 1.807) is 11.3 Å². The summed E-state index contributed by atoms with van der Waals surface area (Å²) in [7, 11) is 0. The van der Waals surface area contributed by atoms with Gasteiger partial charge in [0.05, 0.1) is 6.10 Å². The summed E-state index contributed by atoms with van der Waals surface area (Å²) < 4.78 is 0. The summed E-state index contributed by atoms with van der Waals surface area (Å²) in [4.78, 5) is 0. The van der Waals surface area contributed by atoms with Gasteiger partial charge in [-0.3, -0.25) is 0 Å². The van der Waals surface area contributed by atoms with Gasteiger partial charge in [0.1, 0.15) is 0 Å². The van der Waals surface area contributed by atoms with Crippen LogP contribution >= 0.6 is 11.3 Å². The Morgan fingerprint density at radius 2 is 2.30 bits per heavy atom. The highest BCUT2D eigenvalue weighted by atomic mass is 32.1. The lowest BCUT2D eigenvalue weighted by Gasteiger charge is -2.21. The molecule has 4 heteroatoms. The fraction of sp³-hybridized carbons (Fsp3) is 0.375. The second-order valence-corrected chi connectivity index (χ2v) is 5.97. The van der Waals surface area contributed by atoms with Crippen LogP contribution in [0.4, 0.5) is 5.69 Å². The number of hydrogen-bond acceptors (Lipinski definition) is 4. The molecule has 0 fully saturated rings. The molecule has 1 aliphatic rings. The Labute approximate surface area is 123 Å². The molecule has 3 rings (SSSR count). The van der Waals surface area contributed by atoms with Crippen molar-refractivity contribution in [3.05, 3.63) is 51.7 Å². The highest BCUT2D eigenvalue weighted by molar-refractivity contribution is 7.07. The number of aliphatic hydroxyl groups excluding tert-OH is 1. The van der Waals surface area contributed by atoms with Gasteiger partial charge in [0, 0.05) is 25.3 Å². The van der Waals surface area contributed by atoms with Crippen LogP contribution in [0.25, 0.3) is 0 Å². The number of anilines is 1. The number of thiophene rings is 1. The van der Waals surface area contributed by atoms with E-state index in [1.165, 1.54) is 23.2 Å². The minimum Gasteiger partial charge on any atom is -0.387 e. The molecule has 2 heterocycles. The summed E-state index contributed by atoms with van der Waals surface area (Å²) in [5, 5.41) is 20.9. The molecule has 1 aromatic carbocycles. The fourth-order valence-corrected chi connectivity index (χ4v) is 3.36. The van der Waals surface area contributed by atoms with Crippen molar-refractivity contribution < 1.29 is 5.11 Å². The lowest BCUT2D eigenvalue weighted by atomic mass is 9.99. The normalized spacial score (nSPS) is 15.4. The Balaban J connectivity index is 1.59. The molecule has 0 aliphatic carbocycles. The maximum Gasteiger partial charge on any atom is 0.0922 e. The van der Waals surface area contributed by atoms with E-state index in [2.05, 4.69) is 28.8 Å². The summed E-state index contributed by atoms with van der Waals surface area (Å²) in [6, 6.07) is 8.45. The van der Waals surface area contributed by atoms with Gasteiger partial charge >= 0.3 is 0 Å². The molecule has 0 saturated carbocycles. The number of nitrogens with one attached hydrogen (secondary N) is 2. The third-order valence-corrected chi connectivity index (χ3v) is 4.44. The average Bonchev–Trinajstić information content (AvgIpc) is 3.02. The third-order valence-electron chi connectivity index (χ3n) is 3.74. The molecule has 106 valence electrons. The molecular weight excluding hydrogens is 268 g/mol. The van der Waals surface area contributed by atoms with E-state index < -0.39 is 6.10 Å².